The van der Waals surface area contributed by atoms with E-state index in [-0.39, 0.29) is 0 Å². The van der Waals surface area contributed by atoms with Gasteiger partial charge in [-0.15, -0.1) is 0 Å². The second-order valence-electron chi connectivity index (χ2n) is 3.21. The third-order valence-corrected chi connectivity index (χ3v) is 2.37. The minimum atomic E-state index is 0.589. The SMILES string of the molecule is Cc1cnc(-c2c(C)cccc2Cl)o1. The van der Waals surface area contributed by atoms with Crippen molar-refractivity contribution >= 4 is 11.6 Å². The first-order valence-electron chi connectivity index (χ1n) is 4.36. The van der Waals surface area contributed by atoms with Crippen LogP contribution in [0.3, 0.4) is 0 Å². The summed E-state index contributed by atoms with van der Waals surface area (Å²) in [5, 5.41) is 0.673. The molecular formula is C11H10ClNO. The summed E-state index contributed by atoms with van der Waals surface area (Å²) in [5.74, 6) is 1.38. The molecule has 1 aromatic carbocycles. The van der Waals surface area contributed by atoms with Gasteiger partial charge in [0.15, 0.2) is 0 Å². The Bertz CT molecular complexity index is 442. The summed E-state index contributed by atoms with van der Waals surface area (Å²) in [6, 6.07) is 5.74. The Morgan fingerprint density at radius 3 is 2.64 bits per heavy atom. The molecule has 72 valence electrons. The molecule has 0 aliphatic carbocycles. The number of halogens is 1. The first-order chi connectivity index (χ1) is 6.68. The topological polar surface area (TPSA) is 26.0 Å². The predicted octanol–water partition coefficient (Wildman–Crippen LogP) is 3.61. The van der Waals surface area contributed by atoms with Gasteiger partial charge >= 0.3 is 0 Å². The first kappa shape index (κ1) is 9.28. The van der Waals surface area contributed by atoms with Gasteiger partial charge in [-0.3, -0.25) is 0 Å². The molecule has 3 heteroatoms. The fourth-order valence-electron chi connectivity index (χ4n) is 1.37. The van der Waals surface area contributed by atoms with Gasteiger partial charge in [0.1, 0.15) is 5.76 Å². The minimum absolute atomic E-state index is 0.589. The van der Waals surface area contributed by atoms with E-state index in [1.807, 2.05) is 32.0 Å². The van der Waals surface area contributed by atoms with Crippen LogP contribution in [-0.2, 0) is 0 Å². The Balaban J connectivity index is 2.61. The van der Waals surface area contributed by atoms with Gasteiger partial charge in [0.05, 0.1) is 16.8 Å². The molecule has 1 aromatic heterocycles. The standard InChI is InChI=1S/C11H10ClNO/c1-7-4-3-5-9(12)10(7)11-13-6-8(2)14-11/h3-6H,1-2H3. The maximum atomic E-state index is 6.07. The van der Waals surface area contributed by atoms with E-state index < -0.39 is 0 Å². The van der Waals surface area contributed by atoms with E-state index in [9.17, 15) is 0 Å². The van der Waals surface area contributed by atoms with Gasteiger partial charge in [0, 0.05) is 0 Å². The van der Waals surface area contributed by atoms with Crippen LogP contribution in [0.2, 0.25) is 5.02 Å². The molecule has 0 saturated heterocycles. The van der Waals surface area contributed by atoms with E-state index in [0.717, 1.165) is 16.9 Å². The van der Waals surface area contributed by atoms with Gasteiger partial charge in [-0.2, -0.15) is 0 Å². The van der Waals surface area contributed by atoms with E-state index >= 15 is 0 Å². The zero-order valence-corrected chi connectivity index (χ0v) is 8.80. The Hall–Kier alpha value is -1.28. The molecule has 2 aromatic rings. The van der Waals surface area contributed by atoms with E-state index in [2.05, 4.69) is 4.98 Å². The summed E-state index contributed by atoms with van der Waals surface area (Å²) >= 11 is 6.07. The van der Waals surface area contributed by atoms with E-state index in [1.165, 1.54) is 0 Å². The van der Waals surface area contributed by atoms with Gasteiger partial charge in [-0.25, -0.2) is 4.98 Å². The molecule has 0 radical (unpaired) electrons. The van der Waals surface area contributed by atoms with Crippen LogP contribution in [0.1, 0.15) is 11.3 Å². The lowest BCUT2D eigenvalue weighted by Gasteiger charge is -2.02. The van der Waals surface area contributed by atoms with Crippen LogP contribution < -0.4 is 0 Å². The van der Waals surface area contributed by atoms with Gasteiger partial charge < -0.3 is 4.42 Å². The highest BCUT2D eigenvalue weighted by Crippen LogP contribution is 2.30. The number of hydrogen-bond acceptors (Lipinski definition) is 2. The molecule has 0 fully saturated rings. The second-order valence-corrected chi connectivity index (χ2v) is 3.61. The van der Waals surface area contributed by atoms with Crippen LogP contribution in [0, 0.1) is 13.8 Å². The zero-order valence-electron chi connectivity index (χ0n) is 8.04. The summed E-state index contributed by atoms with van der Waals surface area (Å²) in [6.07, 6.45) is 1.69. The summed E-state index contributed by atoms with van der Waals surface area (Å²) in [6.45, 7) is 3.85. The van der Waals surface area contributed by atoms with Crippen LogP contribution in [0.5, 0.6) is 0 Å². The molecule has 0 bridgehead atoms. The van der Waals surface area contributed by atoms with Crippen molar-refractivity contribution in [3.8, 4) is 11.5 Å². The van der Waals surface area contributed by atoms with Crippen molar-refractivity contribution in [1.82, 2.24) is 4.98 Å². The van der Waals surface area contributed by atoms with Crippen molar-refractivity contribution in [3.63, 3.8) is 0 Å². The van der Waals surface area contributed by atoms with E-state index in [4.69, 9.17) is 16.0 Å². The Morgan fingerprint density at radius 2 is 2.07 bits per heavy atom. The van der Waals surface area contributed by atoms with Crippen LogP contribution in [-0.4, -0.2) is 4.98 Å². The fraction of sp³-hybridized carbons (Fsp3) is 0.182. The van der Waals surface area contributed by atoms with Crippen molar-refractivity contribution in [2.45, 2.75) is 13.8 Å². The maximum Gasteiger partial charge on any atom is 0.227 e. The monoisotopic (exact) mass is 207 g/mol. The smallest absolute Gasteiger partial charge is 0.227 e. The number of aromatic nitrogens is 1. The van der Waals surface area contributed by atoms with Crippen LogP contribution in [0.25, 0.3) is 11.5 Å². The Kier molecular flexibility index (Phi) is 2.30. The molecule has 0 N–H and O–H groups in total. The number of benzene rings is 1. The number of nitrogens with zero attached hydrogens (tertiary/aromatic N) is 1. The summed E-state index contributed by atoms with van der Waals surface area (Å²) < 4.78 is 5.44. The van der Waals surface area contributed by atoms with Gasteiger partial charge in [-0.05, 0) is 25.5 Å². The van der Waals surface area contributed by atoms with Crippen LogP contribution >= 0.6 is 11.6 Å². The normalized spacial score (nSPS) is 10.5. The highest BCUT2D eigenvalue weighted by molar-refractivity contribution is 6.33. The lowest BCUT2D eigenvalue weighted by molar-refractivity contribution is 0.542. The molecule has 14 heavy (non-hydrogen) atoms. The molecule has 0 unspecified atom stereocenters. The molecule has 0 aliphatic heterocycles. The minimum Gasteiger partial charge on any atom is -0.441 e. The third-order valence-electron chi connectivity index (χ3n) is 2.06. The molecule has 0 aliphatic rings. The molecular weight excluding hydrogens is 198 g/mol. The van der Waals surface area contributed by atoms with Gasteiger partial charge in [-0.1, -0.05) is 23.7 Å². The number of hydrogen-bond donors (Lipinski definition) is 0. The third kappa shape index (κ3) is 1.53. The molecule has 2 nitrogen and oxygen atoms in total. The average molecular weight is 208 g/mol. The Morgan fingerprint density at radius 1 is 1.29 bits per heavy atom. The number of aryl methyl sites for hydroxylation is 2. The van der Waals surface area contributed by atoms with Crippen molar-refractivity contribution in [2.75, 3.05) is 0 Å². The quantitative estimate of drug-likeness (QED) is 0.714. The highest BCUT2D eigenvalue weighted by Gasteiger charge is 2.11. The van der Waals surface area contributed by atoms with Crippen molar-refractivity contribution < 1.29 is 4.42 Å². The van der Waals surface area contributed by atoms with Crippen LogP contribution in [0.4, 0.5) is 0 Å². The fourth-order valence-corrected chi connectivity index (χ4v) is 1.68. The molecule has 0 atom stereocenters. The molecule has 1 heterocycles. The average Bonchev–Trinajstić information content (AvgIpc) is 2.51. The first-order valence-corrected chi connectivity index (χ1v) is 4.74. The van der Waals surface area contributed by atoms with Crippen LogP contribution in [0.15, 0.2) is 28.8 Å². The van der Waals surface area contributed by atoms with Crippen molar-refractivity contribution in [1.29, 1.82) is 0 Å². The predicted molar refractivity (Wildman–Crippen MR) is 56.4 cm³/mol. The molecule has 2 rings (SSSR count). The Labute approximate surface area is 87.5 Å². The summed E-state index contributed by atoms with van der Waals surface area (Å²) in [5.41, 5.74) is 1.95. The molecule has 0 saturated carbocycles. The molecule has 0 spiro atoms. The molecule has 0 amide bonds. The second kappa shape index (κ2) is 3.46. The number of oxazole rings is 1. The summed E-state index contributed by atoms with van der Waals surface area (Å²) in [7, 11) is 0. The lowest BCUT2D eigenvalue weighted by atomic mass is 10.1. The lowest BCUT2D eigenvalue weighted by Crippen LogP contribution is -1.83. The maximum absolute atomic E-state index is 6.07. The highest BCUT2D eigenvalue weighted by atomic mass is 35.5. The van der Waals surface area contributed by atoms with Crippen molar-refractivity contribution in [2.24, 2.45) is 0 Å². The number of rotatable bonds is 1. The summed E-state index contributed by atoms with van der Waals surface area (Å²) in [4.78, 5) is 4.16. The van der Waals surface area contributed by atoms with Crippen molar-refractivity contribution in [3.05, 3.63) is 40.7 Å². The van der Waals surface area contributed by atoms with E-state index in [0.29, 0.717) is 10.9 Å². The zero-order chi connectivity index (χ0) is 10.1. The largest absolute Gasteiger partial charge is 0.441 e. The van der Waals surface area contributed by atoms with E-state index in [1.54, 1.807) is 6.20 Å². The van der Waals surface area contributed by atoms with Gasteiger partial charge in [0.25, 0.3) is 0 Å². The van der Waals surface area contributed by atoms with Gasteiger partial charge in [0.2, 0.25) is 5.89 Å².